The van der Waals surface area contributed by atoms with Crippen molar-refractivity contribution in [3.05, 3.63) is 0 Å². The van der Waals surface area contributed by atoms with E-state index in [0.29, 0.717) is 18.9 Å². The summed E-state index contributed by atoms with van der Waals surface area (Å²) in [7, 11) is 3.50. The monoisotopic (exact) mass is 317 g/mol. The van der Waals surface area contributed by atoms with Crippen LogP contribution in [0.2, 0.25) is 0 Å². The number of carbonyl (C=O) groups excluding carboxylic acids is 2. The zero-order valence-electron chi connectivity index (χ0n) is 13.1. The highest BCUT2D eigenvalue weighted by atomic mass is 35.5. The lowest BCUT2D eigenvalue weighted by molar-refractivity contribution is -0.143. The minimum Gasteiger partial charge on any atom is -0.347 e. The quantitative estimate of drug-likeness (QED) is 0.855. The highest BCUT2D eigenvalue weighted by Crippen LogP contribution is 2.28. The molecule has 0 aromatic heterocycles. The molecule has 1 aliphatic carbocycles. The smallest absolute Gasteiger partial charge is 0.244 e. The zero-order chi connectivity index (χ0) is 14.7. The van der Waals surface area contributed by atoms with Gasteiger partial charge in [0.2, 0.25) is 11.8 Å². The minimum atomic E-state index is -0.252. The van der Waals surface area contributed by atoms with Gasteiger partial charge in [0.15, 0.2) is 0 Å². The number of amides is 2. The second-order valence-corrected chi connectivity index (χ2v) is 6.39. The molecule has 2 amide bonds. The molecule has 0 spiro atoms. The summed E-state index contributed by atoms with van der Waals surface area (Å²) in [6, 6.07) is -0.101. The van der Waals surface area contributed by atoms with Crippen LogP contribution in [0, 0.1) is 5.92 Å². The molecular formula is C15H28ClN3O2. The van der Waals surface area contributed by atoms with E-state index in [1.54, 1.807) is 23.9 Å². The van der Waals surface area contributed by atoms with Crippen molar-refractivity contribution in [3.63, 3.8) is 0 Å². The predicted molar refractivity (Wildman–Crippen MR) is 85.2 cm³/mol. The SMILES string of the molecule is CN(C)C(=O)C1CCCN1C(=O)CC1CCCCC1N.Cl. The Morgan fingerprint density at radius 2 is 1.81 bits per heavy atom. The van der Waals surface area contributed by atoms with Crippen molar-refractivity contribution >= 4 is 24.2 Å². The Balaban J connectivity index is 0.00000220. The second-order valence-electron chi connectivity index (χ2n) is 6.39. The summed E-state index contributed by atoms with van der Waals surface area (Å²) in [6.07, 6.45) is 6.65. The van der Waals surface area contributed by atoms with Crippen LogP contribution in [0.25, 0.3) is 0 Å². The van der Waals surface area contributed by atoms with Gasteiger partial charge in [-0.3, -0.25) is 9.59 Å². The molecule has 2 aliphatic rings. The average molecular weight is 318 g/mol. The molecule has 1 saturated heterocycles. The predicted octanol–water partition coefficient (Wildman–Crippen LogP) is 1.39. The number of likely N-dealkylation sites (N-methyl/N-ethyl adjacent to an activating group) is 1. The third-order valence-corrected chi connectivity index (χ3v) is 4.70. The maximum atomic E-state index is 12.5. The van der Waals surface area contributed by atoms with Gasteiger partial charge in [-0.2, -0.15) is 0 Å². The van der Waals surface area contributed by atoms with Crippen molar-refractivity contribution in [3.8, 4) is 0 Å². The van der Waals surface area contributed by atoms with Crippen molar-refractivity contribution in [2.45, 2.75) is 57.0 Å². The van der Waals surface area contributed by atoms with Gasteiger partial charge in [0.1, 0.15) is 6.04 Å². The summed E-state index contributed by atoms with van der Waals surface area (Å²) in [4.78, 5) is 28.0. The molecule has 2 N–H and O–H groups in total. The van der Waals surface area contributed by atoms with Crippen molar-refractivity contribution in [1.82, 2.24) is 9.80 Å². The zero-order valence-corrected chi connectivity index (χ0v) is 13.9. The Kier molecular flexibility index (Phi) is 6.94. The van der Waals surface area contributed by atoms with E-state index in [1.807, 2.05) is 0 Å². The van der Waals surface area contributed by atoms with Gasteiger partial charge in [0, 0.05) is 33.1 Å². The fraction of sp³-hybridized carbons (Fsp3) is 0.867. The van der Waals surface area contributed by atoms with Crippen molar-refractivity contribution in [2.75, 3.05) is 20.6 Å². The molecule has 0 aromatic rings. The first-order chi connectivity index (χ1) is 9.50. The summed E-state index contributed by atoms with van der Waals surface area (Å²) >= 11 is 0. The molecule has 2 rings (SSSR count). The molecule has 6 heteroatoms. The Labute approximate surface area is 133 Å². The number of nitrogens with zero attached hydrogens (tertiary/aromatic N) is 2. The molecule has 3 unspecified atom stereocenters. The number of rotatable bonds is 3. The van der Waals surface area contributed by atoms with Crippen LogP contribution in [0.4, 0.5) is 0 Å². The van der Waals surface area contributed by atoms with Crippen molar-refractivity contribution in [2.24, 2.45) is 11.7 Å². The van der Waals surface area contributed by atoms with Gasteiger partial charge >= 0.3 is 0 Å². The van der Waals surface area contributed by atoms with E-state index in [0.717, 1.165) is 25.7 Å². The van der Waals surface area contributed by atoms with E-state index in [1.165, 1.54) is 12.8 Å². The van der Waals surface area contributed by atoms with E-state index in [9.17, 15) is 9.59 Å². The maximum Gasteiger partial charge on any atom is 0.244 e. The topological polar surface area (TPSA) is 66.6 Å². The summed E-state index contributed by atoms with van der Waals surface area (Å²) in [6.45, 7) is 0.713. The minimum absolute atomic E-state index is 0. The third-order valence-electron chi connectivity index (χ3n) is 4.70. The number of hydrogen-bond donors (Lipinski definition) is 1. The Hall–Kier alpha value is -0.810. The average Bonchev–Trinajstić information content (AvgIpc) is 2.89. The first kappa shape index (κ1) is 18.2. The van der Waals surface area contributed by atoms with Gasteiger partial charge in [-0.1, -0.05) is 12.8 Å². The lowest BCUT2D eigenvalue weighted by Gasteiger charge is -2.31. The largest absolute Gasteiger partial charge is 0.347 e. The number of carbonyl (C=O) groups is 2. The van der Waals surface area contributed by atoms with Crippen LogP contribution in [0.3, 0.4) is 0 Å². The molecule has 5 nitrogen and oxygen atoms in total. The third kappa shape index (κ3) is 4.33. The van der Waals surface area contributed by atoms with Crippen LogP contribution < -0.4 is 5.73 Å². The van der Waals surface area contributed by atoms with Gasteiger partial charge in [-0.05, 0) is 31.6 Å². The molecule has 2 fully saturated rings. The maximum absolute atomic E-state index is 12.5. The van der Waals surface area contributed by atoms with Crippen LogP contribution >= 0.6 is 12.4 Å². The molecule has 122 valence electrons. The number of nitrogens with two attached hydrogens (primary N) is 1. The summed E-state index contributed by atoms with van der Waals surface area (Å²) < 4.78 is 0. The highest BCUT2D eigenvalue weighted by Gasteiger charge is 2.36. The lowest BCUT2D eigenvalue weighted by Crippen LogP contribution is -2.47. The van der Waals surface area contributed by atoms with Gasteiger partial charge in [0.05, 0.1) is 0 Å². The fourth-order valence-electron chi connectivity index (χ4n) is 3.45. The molecule has 0 aromatic carbocycles. The molecule has 1 saturated carbocycles. The number of likely N-dealkylation sites (tertiary alicyclic amines) is 1. The first-order valence-corrected chi connectivity index (χ1v) is 7.77. The second kappa shape index (κ2) is 7.99. The van der Waals surface area contributed by atoms with Crippen molar-refractivity contribution in [1.29, 1.82) is 0 Å². The van der Waals surface area contributed by atoms with Gasteiger partial charge in [0.25, 0.3) is 0 Å². The Bertz CT molecular complexity index is 376. The molecular weight excluding hydrogens is 290 g/mol. The summed E-state index contributed by atoms with van der Waals surface area (Å²) in [5.74, 6) is 0.459. The molecule has 0 bridgehead atoms. The normalized spacial score (nSPS) is 28.9. The van der Waals surface area contributed by atoms with Gasteiger partial charge in [-0.15, -0.1) is 12.4 Å². The van der Waals surface area contributed by atoms with Crippen LogP contribution in [0.15, 0.2) is 0 Å². The molecule has 1 aliphatic heterocycles. The Morgan fingerprint density at radius 3 is 2.43 bits per heavy atom. The molecule has 21 heavy (non-hydrogen) atoms. The van der Waals surface area contributed by atoms with Gasteiger partial charge < -0.3 is 15.5 Å². The van der Waals surface area contributed by atoms with Gasteiger partial charge in [-0.25, -0.2) is 0 Å². The highest BCUT2D eigenvalue weighted by molar-refractivity contribution is 5.88. The van der Waals surface area contributed by atoms with E-state index < -0.39 is 0 Å². The summed E-state index contributed by atoms with van der Waals surface area (Å²) in [5.41, 5.74) is 6.12. The van der Waals surface area contributed by atoms with Crippen LogP contribution in [-0.4, -0.2) is 54.3 Å². The van der Waals surface area contributed by atoms with E-state index in [2.05, 4.69) is 0 Å². The molecule has 0 radical (unpaired) electrons. The molecule has 3 atom stereocenters. The molecule has 1 heterocycles. The van der Waals surface area contributed by atoms with E-state index >= 15 is 0 Å². The fourth-order valence-corrected chi connectivity index (χ4v) is 3.45. The van der Waals surface area contributed by atoms with Crippen LogP contribution in [-0.2, 0) is 9.59 Å². The van der Waals surface area contributed by atoms with E-state index in [4.69, 9.17) is 5.73 Å². The first-order valence-electron chi connectivity index (χ1n) is 7.77. The van der Waals surface area contributed by atoms with E-state index in [-0.39, 0.29) is 36.3 Å². The van der Waals surface area contributed by atoms with Crippen LogP contribution in [0.1, 0.15) is 44.9 Å². The standard InChI is InChI=1S/C15H27N3O2.ClH/c1-17(2)15(20)13-8-5-9-18(13)14(19)10-11-6-3-4-7-12(11)16;/h11-13H,3-10,16H2,1-2H3;1H. The number of halogens is 1. The lowest BCUT2D eigenvalue weighted by atomic mass is 9.82. The van der Waals surface area contributed by atoms with Crippen molar-refractivity contribution < 1.29 is 9.59 Å². The van der Waals surface area contributed by atoms with Crippen LogP contribution in [0.5, 0.6) is 0 Å². The number of hydrogen-bond acceptors (Lipinski definition) is 3. The Morgan fingerprint density at radius 1 is 1.14 bits per heavy atom. The summed E-state index contributed by atoms with van der Waals surface area (Å²) in [5, 5.41) is 0.